The van der Waals surface area contributed by atoms with Gasteiger partial charge in [-0.25, -0.2) is 13.2 Å². The summed E-state index contributed by atoms with van der Waals surface area (Å²) in [6, 6.07) is 12.6. The molecule has 1 aliphatic carbocycles. The highest BCUT2D eigenvalue weighted by Crippen LogP contribution is 2.33. The molecule has 2 saturated heterocycles. The summed E-state index contributed by atoms with van der Waals surface area (Å²) in [7, 11) is -4.38. The Hall–Kier alpha value is -3.14. The second-order valence-electron chi connectivity index (χ2n) is 10.7. The van der Waals surface area contributed by atoms with E-state index < -0.39 is 57.5 Å². The zero-order chi connectivity index (χ0) is 29.7. The summed E-state index contributed by atoms with van der Waals surface area (Å²) < 4.78 is 51.9. The van der Waals surface area contributed by atoms with Crippen LogP contribution in [0.15, 0.2) is 59.5 Å². The number of nitrogens with one attached hydrogen (secondary N) is 2. The number of benzene rings is 2. The van der Waals surface area contributed by atoms with Gasteiger partial charge in [0.2, 0.25) is 10.0 Å². The molecule has 3 aliphatic rings. The minimum Gasteiger partial charge on any atom is -0.443 e. The quantitative estimate of drug-likeness (QED) is 0.185. The molecule has 1 saturated carbocycles. The standard InChI is InChI=1S/C28H35N3O10S/c32-25(26(40-20-10-4-5-11-20)30-42(36,37)21-12-6-9-19(16-21)31(34)35)23(15-18-7-2-1-3-8-18)29-28(33)41-24-17-39-27-22(24)13-14-38-27/h1-3,6-9,12,16,20,22-27,30,32H,4-5,10-11,13-15,17H2,(H,29,33)/t22-,23-,24-,25+,26?,27+/m0/s1. The Labute approximate surface area is 243 Å². The van der Waals surface area contributed by atoms with Gasteiger partial charge in [0.05, 0.1) is 41.1 Å². The number of amides is 1. The Bertz CT molecular complexity index is 1340. The number of hydrogen-bond donors (Lipinski definition) is 3. The molecule has 228 valence electrons. The molecule has 42 heavy (non-hydrogen) atoms. The van der Waals surface area contributed by atoms with Crippen LogP contribution in [0.3, 0.4) is 0 Å². The van der Waals surface area contributed by atoms with E-state index in [0.717, 1.165) is 24.5 Å². The minimum atomic E-state index is -4.38. The van der Waals surface area contributed by atoms with Crippen LogP contribution in [0.2, 0.25) is 0 Å². The zero-order valence-electron chi connectivity index (χ0n) is 22.9. The molecule has 0 radical (unpaired) electrons. The van der Waals surface area contributed by atoms with Gasteiger partial charge in [-0.3, -0.25) is 10.1 Å². The molecule has 1 unspecified atom stereocenters. The van der Waals surface area contributed by atoms with Gasteiger partial charge in [0.15, 0.2) is 6.29 Å². The van der Waals surface area contributed by atoms with E-state index in [0.29, 0.717) is 25.9 Å². The van der Waals surface area contributed by atoms with Gasteiger partial charge in [-0.15, -0.1) is 0 Å². The van der Waals surface area contributed by atoms with Crippen molar-refractivity contribution in [3.63, 3.8) is 0 Å². The summed E-state index contributed by atoms with van der Waals surface area (Å²) in [5, 5.41) is 25.6. The van der Waals surface area contributed by atoms with Crippen LogP contribution in [0.25, 0.3) is 0 Å². The number of hydrogen-bond acceptors (Lipinski definition) is 10. The van der Waals surface area contributed by atoms with Crippen molar-refractivity contribution in [1.29, 1.82) is 0 Å². The maximum atomic E-state index is 13.4. The number of non-ortho nitro benzene ring substituents is 1. The molecule has 3 N–H and O–H groups in total. The number of nitrogens with zero attached hydrogens (tertiary/aromatic N) is 1. The molecular formula is C28H35N3O10S. The third-order valence-electron chi connectivity index (χ3n) is 7.82. The van der Waals surface area contributed by atoms with Gasteiger partial charge in [0, 0.05) is 12.1 Å². The molecular weight excluding hydrogens is 570 g/mol. The molecule has 6 atom stereocenters. The molecule has 0 bridgehead atoms. The van der Waals surface area contributed by atoms with Crippen molar-refractivity contribution < 1.29 is 42.2 Å². The molecule has 1 amide bonds. The Morgan fingerprint density at radius 3 is 2.60 bits per heavy atom. The molecule has 2 heterocycles. The van der Waals surface area contributed by atoms with E-state index in [1.54, 1.807) is 0 Å². The van der Waals surface area contributed by atoms with Gasteiger partial charge in [-0.1, -0.05) is 49.2 Å². The topological polar surface area (TPSA) is 176 Å². The minimum absolute atomic E-state index is 0.0894. The number of carbonyl (C=O) groups is 1. The molecule has 2 aromatic rings. The first kappa shape index (κ1) is 30.3. The van der Waals surface area contributed by atoms with Crippen molar-refractivity contribution in [2.24, 2.45) is 5.92 Å². The van der Waals surface area contributed by atoms with Crippen molar-refractivity contribution in [2.75, 3.05) is 13.2 Å². The van der Waals surface area contributed by atoms with Crippen molar-refractivity contribution in [2.45, 2.75) is 80.3 Å². The van der Waals surface area contributed by atoms with E-state index in [2.05, 4.69) is 10.0 Å². The van der Waals surface area contributed by atoms with E-state index in [9.17, 15) is 28.4 Å². The lowest BCUT2D eigenvalue weighted by Gasteiger charge is -2.33. The van der Waals surface area contributed by atoms with Gasteiger partial charge >= 0.3 is 6.09 Å². The monoisotopic (exact) mass is 605 g/mol. The van der Waals surface area contributed by atoms with E-state index in [1.807, 2.05) is 30.3 Å². The number of ether oxygens (including phenoxy) is 4. The fourth-order valence-corrected chi connectivity index (χ4v) is 6.77. The smallest absolute Gasteiger partial charge is 0.407 e. The van der Waals surface area contributed by atoms with Crippen molar-refractivity contribution in [3.8, 4) is 0 Å². The van der Waals surface area contributed by atoms with Crippen LogP contribution >= 0.6 is 0 Å². The molecule has 2 aromatic carbocycles. The summed E-state index contributed by atoms with van der Waals surface area (Å²) >= 11 is 0. The Morgan fingerprint density at radius 2 is 1.86 bits per heavy atom. The zero-order valence-corrected chi connectivity index (χ0v) is 23.7. The molecule has 13 nitrogen and oxygen atoms in total. The van der Waals surface area contributed by atoms with Gasteiger partial charge in [0.25, 0.3) is 5.69 Å². The number of sulfonamides is 1. The van der Waals surface area contributed by atoms with Crippen LogP contribution in [-0.2, 0) is 35.4 Å². The van der Waals surface area contributed by atoms with Crippen LogP contribution in [0.1, 0.15) is 37.7 Å². The van der Waals surface area contributed by atoms with Crippen LogP contribution in [0, 0.1) is 16.0 Å². The molecule has 2 aliphatic heterocycles. The number of alkyl carbamates (subject to hydrolysis) is 1. The first-order chi connectivity index (χ1) is 20.2. The fourth-order valence-electron chi connectivity index (χ4n) is 5.60. The van der Waals surface area contributed by atoms with Gasteiger partial charge in [-0.2, -0.15) is 4.72 Å². The Balaban J connectivity index is 1.37. The van der Waals surface area contributed by atoms with E-state index >= 15 is 0 Å². The average Bonchev–Trinajstić information content (AvgIpc) is 3.73. The van der Waals surface area contributed by atoms with Crippen molar-refractivity contribution >= 4 is 21.8 Å². The lowest BCUT2D eigenvalue weighted by Crippen LogP contribution is -2.57. The third-order valence-corrected chi connectivity index (χ3v) is 9.24. The highest BCUT2D eigenvalue weighted by atomic mass is 32.2. The van der Waals surface area contributed by atoms with Gasteiger partial charge in [-0.05, 0) is 37.3 Å². The number of aliphatic hydroxyl groups is 1. The maximum Gasteiger partial charge on any atom is 0.407 e. The third kappa shape index (κ3) is 7.43. The number of nitro groups is 1. The number of fused-ring (bicyclic) bond motifs is 1. The average molecular weight is 606 g/mol. The summed E-state index contributed by atoms with van der Waals surface area (Å²) in [4.78, 5) is 23.3. The van der Waals surface area contributed by atoms with E-state index in [-0.39, 0.29) is 29.9 Å². The highest BCUT2D eigenvalue weighted by molar-refractivity contribution is 7.89. The molecule has 14 heteroatoms. The lowest BCUT2D eigenvalue weighted by molar-refractivity contribution is -0.385. The van der Waals surface area contributed by atoms with E-state index in [1.165, 1.54) is 18.2 Å². The second kappa shape index (κ2) is 13.4. The number of carbonyl (C=O) groups excluding carboxylic acids is 1. The summed E-state index contributed by atoms with van der Waals surface area (Å²) in [5.41, 5.74) is 0.375. The van der Waals surface area contributed by atoms with Crippen LogP contribution in [-0.4, -0.2) is 74.6 Å². The first-order valence-electron chi connectivity index (χ1n) is 14.0. The van der Waals surface area contributed by atoms with Crippen LogP contribution in [0.5, 0.6) is 0 Å². The Morgan fingerprint density at radius 1 is 1.10 bits per heavy atom. The largest absolute Gasteiger partial charge is 0.443 e. The second-order valence-corrected chi connectivity index (χ2v) is 12.5. The van der Waals surface area contributed by atoms with Crippen LogP contribution < -0.4 is 10.0 Å². The number of nitro benzene ring substituents is 1. The fraction of sp³-hybridized carbons (Fsp3) is 0.536. The normalized spacial score (nSPS) is 24.5. The highest BCUT2D eigenvalue weighted by Gasteiger charge is 2.44. The van der Waals surface area contributed by atoms with E-state index in [4.69, 9.17) is 18.9 Å². The van der Waals surface area contributed by atoms with Crippen molar-refractivity contribution in [3.05, 3.63) is 70.3 Å². The lowest BCUT2D eigenvalue weighted by atomic mass is 10.00. The molecule has 0 aromatic heterocycles. The maximum absolute atomic E-state index is 13.4. The number of rotatable bonds is 12. The summed E-state index contributed by atoms with van der Waals surface area (Å²) in [6.07, 6.45) is -1.15. The predicted octanol–water partition coefficient (Wildman–Crippen LogP) is 2.62. The Kier molecular flexibility index (Phi) is 9.70. The molecule has 0 spiro atoms. The molecule has 3 fully saturated rings. The van der Waals surface area contributed by atoms with Crippen molar-refractivity contribution in [1.82, 2.24) is 10.0 Å². The SMILES string of the molecule is O=C(N[C@@H](Cc1ccccc1)[C@@H](O)C(NS(=O)(=O)c1cccc([N+](=O)[O-])c1)OC1CCCC1)O[C@H]1CO[C@H]2OCC[C@H]21. The van der Waals surface area contributed by atoms with Crippen LogP contribution in [0.4, 0.5) is 10.5 Å². The van der Waals surface area contributed by atoms with Gasteiger partial charge < -0.3 is 29.4 Å². The molecule has 5 rings (SSSR count). The summed E-state index contributed by atoms with van der Waals surface area (Å²) in [5.74, 6) is -0.0894. The first-order valence-corrected chi connectivity index (χ1v) is 15.5. The van der Waals surface area contributed by atoms with Gasteiger partial charge in [0.1, 0.15) is 18.4 Å². The summed E-state index contributed by atoms with van der Waals surface area (Å²) in [6.45, 7) is 0.697. The number of aliphatic hydroxyl groups excluding tert-OH is 1. The predicted molar refractivity (Wildman–Crippen MR) is 148 cm³/mol.